The quantitative estimate of drug-likeness (QED) is 0.386. The zero-order valence-corrected chi connectivity index (χ0v) is 20.5. The second kappa shape index (κ2) is 12.7. The number of methoxy groups -OCH3 is 2. The highest BCUT2D eigenvalue weighted by Crippen LogP contribution is 2.27. The number of carbonyl (C=O) groups is 2. The zero-order valence-electron chi connectivity index (χ0n) is 19.7. The first-order valence-corrected chi connectivity index (χ1v) is 12.2. The number of nitrogens with zero attached hydrogens (tertiary/aromatic N) is 2. The van der Waals surface area contributed by atoms with Crippen LogP contribution in [0.5, 0.6) is 11.5 Å². The lowest BCUT2D eigenvalue weighted by Gasteiger charge is -2.15. The number of thioether (sulfide) groups is 1. The van der Waals surface area contributed by atoms with Gasteiger partial charge in [0.05, 0.1) is 14.2 Å². The maximum atomic E-state index is 13.2. The Hall–Kier alpha value is -3.60. The summed E-state index contributed by atoms with van der Waals surface area (Å²) >= 11 is 1.62. The van der Waals surface area contributed by atoms with Gasteiger partial charge >= 0.3 is 0 Å². The first-order valence-electron chi connectivity index (χ1n) is 10.8. The number of ether oxygens (including phenoxy) is 2. The fourth-order valence-electron chi connectivity index (χ4n) is 3.22. The zero-order chi connectivity index (χ0) is 25.2. The van der Waals surface area contributed by atoms with E-state index in [1.807, 2.05) is 6.26 Å². The van der Waals surface area contributed by atoms with Gasteiger partial charge in [0.2, 0.25) is 17.6 Å². The lowest BCUT2D eigenvalue weighted by atomic mass is 10.2. The third kappa shape index (κ3) is 7.19. The van der Waals surface area contributed by atoms with Gasteiger partial charge in [0.15, 0.2) is 11.5 Å². The van der Waals surface area contributed by atoms with Crippen molar-refractivity contribution in [1.82, 2.24) is 20.8 Å². The molecule has 11 heteroatoms. The molecule has 0 unspecified atom stereocenters. The number of carbonyl (C=O) groups excluding carboxylic acids is 2. The average Bonchev–Trinajstić information content (AvgIpc) is 3.36. The van der Waals surface area contributed by atoms with Gasteiger partial charge in [-0.3, -0.25) is 9.59 Å². The van der Waals surface area contributed by atoms with Crippen molar-refractivity contribution in [1.29, 1.82) is 0 Å². The van der Waals surface area contributed by atoms with Crippen molar-refractivity contribution in [2.24, 2.45) is 0 Å². The van der Waals surface area contributed by atoms with Gasteiger partial charge in [0, 0.05) is 24.1 Å². The summed E-state index contributed by atoms with van der Waals surface area (Å²) in [6, 6.07) is 10.1. The summed E-state index contributed by atoms with van der Waals surface area (Å²) in [7, 11) is 3.00. The summed E-state index contributed by atoms with van der Waals surface area (Å²) in [6.07, 6.45) is 2.60. The smallest absolute Gasteiger partial charge is 0.251 e. The van der Waals surface area contributed by atoms with Gasteiger partial charge in [-0.2, -0.15) is 16.7 Å². The predicted octanol–water partition coefficient (Wildman–Crippen LogP) is 3.62. The topological polar surface area (TPSA) is 116 Å². The Morgan fingerprint density at radius 2 is 1.86 bits per heavy atom. The van der Waals surface area contributed by atoms with Gasteiger partial charge in [-0.25, -0.2) is 4.39 Å². The second-order valence-corrected chi connectivity index (χ2v) is 8.43. The molecule has 0 saturated carbocycles. The van der Waals surface area contributed by atoms with E-state index in [-0.39, 0.29) is 36.5 Å². The first-order chi connectivity index (χ1) is 16.9. The largest absolute Gasteiger partial charge is 0.493 e. The van der Waals surface area contributed by atoms with Crippen molar-refractivity contribution in [3.63, 3.8) is 0 Å². The van der Waals surface area contributed by atoms with E-state index in [4.69, 9.17) is 14.0 Å². The number of hydrogen-bond acceptors (Lipinski definition) is 8. The predicted molar refractivity (Wildman–Crippen MR) is 130 cm³/mol. The maximum absolute atomic E-state index is 13.2. The number of benzene rings is 2. The SMILES string of the molecule is COc1ccc(C(=O)NCCC(=O)N[C@@H](CCSC)c2nc(-c3ccc(F)cc3)no2)cc1OC. The minimum absolute atomic E-state index is 0.0632. The van der Waals surface area contributed by atoms with Crippen LogP contribution in [0.4, 0.5) is 4.39 Å². The van der Waals surface area contributed by atoms with E-state index in [0.29, 0.717) is 34.9 Å². The Morgan fingerprint density at radius 3 is 2.54 bits per heavy atom. The first kappa shape index (κ1) is 26.0. The summed E-state index contributed by atoms with van der Waals surface area (Å²) in [5.41, 5.74) is 0.995. The molecule has 1 heterocycles. The molecule has 0 saturated heterocycles. The van der Waals surface area contributed by atoms with Gasteiger partial charge < -0.3 is 24.6 Å². The molecule has 3 aromatic rings. The van der Waals surface area contributed by atoms with Gasteiger partial charge in [-0.15, -0.1) is 0 Å². The van der Waals surface area contributed by atoms with Crippen molar-refractivity contribution in [3.8, 4) is 22.9 Å². The molecule has 186 valence electrons. The fourth-order valence-corrected chi connectivity index (χ4v) is 3.69. The van der Waals surface area contributed by atoms with E-state index in [1.165, 1.54) is 26.4 Å². The average molecular weight is 503 g/mol. The molecule has 2 aromatic carbocycles. The summed E-state index contributed by atoms with van der Waals surface area (Å²) < 4.78 is 28.9. The highest BCUT2D eigenvalue weighted by atomic mass is 32.2. The fraction of sp³-hybridized carbons (Fsp3) is 0.333. The lowest BCUT2D eigenvalue weighted by Crippen LogP contribution is -2.33. The van der Waals surface area contributed by atoms with Crippen LogP contribution >= 0.6 is 11.8 Å². The highest BCUT2D eigenvalue weighted by Gasteiger charge is 2.22. The molecular weight excluding hydrogens is 475 g/mol. The minimum Gasteiger partial charge on any atom is -0.493 e. The molecule has 1 aromatic heterocycles. The van der Waals surface area contributed by atoms with Gasteiger partial charge in [0.25, 0.3) is 5.91 Å². The van der Waals surface area contributed by atoms with E-state index < -0.39 is 6.04 Å². The molecule has 3 rings (SSSR count). The molecule has 9 nitrogen and oxygen atoms in total. The van der Waals surface area contributed by atoms with Crippen LogP contribution in [0.3, 0.4) is 0 Å². The molecule has 0 aliphatic carbocycles. The molecule has 35 heavy (non-hydrogen) atoms. The second-order valence-electron chi connectivity index (χ2n) is 7.44. The molecular formula is C24H27FN4O5S. The number of aromatic nitrogens is 2. The summed E-state index contributed by atoms with van der Waals surface area (Å²) in [6.45, 7) is 0.138. The Balaban J connectivity index is 1.57. The van der Waals surface area contributed by atoms with Crippen molar-refractivity contribution in [2.45, 2.75) is 18.9 Å². The molecule has 1 atom stereocenters. The van der Waals surface area contributed by atoms with Gasteiger partial charge in [-0.1, -0.05) is 5.16 Å². The van der Waals surface area contributed by atoms with Crippen molar-refractivity contribution >= 4 is 23.6 Å². The molecule has 0 fully saturated rings. The van der Waals surface area contributed by atoms with Crippen LogP contribution in [0, 0.1) is 5.82 Å². The van der Waals surface area contributed by atoms with Crippen molar-refractivity contribution in [3.05, 3.63) is 59.7 Å². The number of amides is 2. The molecule has 2 amide bonds. The Bertz CT molecular complexity index is 1140. The van der Waals surface area contributed by atoms with E-state index in [0.717, 1.165) is 5.75 Å². The summed E-state index contributed by atoms with van der Waals surface area (Å²) in [5, 5.41) is 9.57. The Morgan fingerprint density at radius 1 is 1.11 bits per heavy atom. The van der Waals surface area contributed by atoms with Crippen LogP contribution < -0.4 is 20.1 Å². The van der Waals surface area contributed by atoms with Gasteiger partial charge in [0.1, 0.15) is 11.9 Å². The minimum atomic E-state index is -0.488. The number of halogens is 1. The molecule has 2 N–H and O–H groups in total. The van der Waals surface area contributed by atoms with Crippen LogP contribution in [-0.4, -0.2) is 54.7 Å². The maximum Gasteiger partial charge on any atom is 0.251 e. The highest BCUT2D eigenvalue weighted by molar-refractivity contribution is 7.98. The van der Waals surface area contributed by atoms with E-state index in [2.05, 4.69) is 20.8 Å². The number of rotatable bonds is 12. The van der Waals surface area contributed by atoms with Crippen LogP contribution in [0.25, 0.3) is 11.4 Å². The molecule has 0 aliphatic rings. The number of nitrogens with one attached hydrogen (secondary N) is 2. The summed E-state index contributed by atoms with van der Waals surface area (Å²) in [4.78, 5) is 29.4. The molecule has 0 spiro atoms. The number of hydrogen-bond donors (Lipinski definition) is 2. The third-order valence-corrected chi connectivity index (χ3v) is 5.72. The molecule has 0 aliphatic heterocycles. The Kier molecular flexibility index (Phi) is 9.47. The molecule has 0 radical (unpaired) electrons. The van der Waals surface area contributed by atoms with Crippen molar-refractivity contribution in [2.75, 3.05) is 32.8 Å². The Labute approximate surface area is 206 Å². The van der Waals surface area contributed by atoms with E-state index in [9.17, 15) is 14.0 Å². The summed E-state index contributed by atoms with van der Waals surface area (Å²) in [5.74, 6) is 1.32. The van der Waals surface area contributed by atoms with Gasteiger partial charge in [-0.05, 0) is 60.9 Å². The molecule has 0 bridgehead atoms. The van der Waals surface area contributed by atoms with Crippen molar-refractivity contribution < 1.29 is 28.0 Å². The normalized spacial score (nSPS) is 11.5. The lowest BCUT2D eigenvalue weighted by molar-refractivity contribution is -0.121. The van der Waals surface area contributed by atoms with Crippen LogP contribution in [0.1, 0.15) is 35.1 Å². The van der Waals surface area contributed by atoms with Crippen LogP contribution in [-0.2, 0) is 4.79 Å². The standard InChI is InChI=1S/C24H27FN4O5S/c1-32-19-9-6-16(14-20(19)33-2)23(31)26-12-10-21(30)27-18(11-13-35-3)24-28-22(29-34-24)15-4-7-17(25)8-5-15/h4-9,14,18H,10-13H2,1-3H3,(H,26,31)(H,27,30)/t18-/m0/s1. The third-order valence-electron chi connectivity index (χ3n) is 5.07. The van der Waals surface area contributed by atoms with E-state index >= 15 is 0 Å². The van der Waals surface area contributed by atoms with E-state index in [1.54, 1.807) is 42.1 Å². The van der Waals surface area contributed by atoms with Crippen LogP contribution in [0.2, 0.25) is 0 Å². The monoisotopic (exact) mass is 502 g/mol. The van der Waals surface area contributed by atoms with Crippen LogP contribution in [0.15, 0.2) is 47.0 Å².